The standard InChI is InChI=1S/C32H39F2N3/c33-30-10-6-26(7-11-30)28-14-18-35(19-15-28)22-24-37(32-4-2-1-3-5-32)25-23-36-20-16-29(17-21-36)27-8-12-31(34)13-9-27/h1-13,28-29H,14-25H2. The number of nitrogens with zero attached hydrogens (tertiary/aromatic N) is 3. The maximum atomic E-state index is 13.3. The van der Waals surface area contributed by atoms with Crippen molar-refractivity contribution < 1.29 is 8.78 Å². The van der Waals surface area contributed by atoms with E-state index >= 15 is 0 Å². The molecule has 0 radical (unpaired) electrons. The summed E-state index contributed by atoms with van der Waals surface area (Å²) >= 11 is 0. The van der Waals surface area contributed by atoms with Crippen molar-refractivity contribution in [2.75, 3.05) is 57.3 Å². The molecular formula is C32H39F2N3. The van der Waals surface area contributed by atoms with Crippen LogP contribution in [0.1, 0.15) is 48.6 Å². The predicted molar refractivity (Wildman–Crippen MR) is 148 cm³/mol. The summed E-state index contributed by atoms with van der Waals surface area (Å²) < 4.78 is 26.6. The summed E-state index contributed by atoms with van der Waals surface area (Å²) in [6.45, 7) is 8.58. The van der Waals surface area contributed by atoms with Crippen LogP contribution in [0.5, 0.6) is 0 Å². The van der Waals surface area contributed by atoms with Crippen LogP contribution in [0.3, 0.4) is 0 Å². The number of piperidine rings is 2. The Labute approximate surface area is 220 Å². The van der Waals surface area contributed by atoms with Gasteiger partial charge in [-0.15, -0.1) is 0 Å². The molecule has 2 saturated heterocycles. The number of halogens is 2. The number of para-hydroxylation sites is 1. The van der Waals surface area contributed by atoms with Gasteiger partial charge in [-0.2, -0.15) is 0 Å². The van der Waals surface area contributed by atoms with Crippen LogP contribution in [-0.2, 0) is 0 Å². The van der Waals surface area contributed by atoms with E-state index in [2.05, 4.69) is 45.0 Å². The predicted octanol–water partition coefficient (Wildman–Crippen LogP) is 6.53. The molecule has 2 fully saturated rings. The first-order valence-corrected chi connectivity index (χ1v) is 13.9. The largest absolute Gasteiger partial charge is 0.369 e. The molecule has 5 heteroatoms. The van der Waals surface area contributed by atoms with Crippen LogP contribution < -0.4 is 4.90 Å². The molecule has 2 aliphatic heterocycles. The number of anilines is 1. The van der Waals surface area contributed by atoms with Crippen molar-refractivity contribution in [1.82, 2.24) is 9.80 Å². The second-order valence-electron chi connectivity index (χ2n) is 10.7. The fraction of sp³-hybridized carbons (Fsp3) is 0.438. The third kappa shape index (κ3) is 7.18. The Morgan fingerprint density at radius 3 is 1.38 bits per heavy atom. The molecule has 0 unspecified atom stereocenters. The highest BCUT2D eigenvalue weighted by molar-refractivity contribution is 5.46. The first-order chi connectivity index (χ1) is 18.1. The van der Waals surface area contributed by atoms with Crippen LogP contribution in [0.4, 0.5) is 14.5 Å². The average Bonchev–Trinajstić information content (AvgIpc) is 2.95. The quantitative estimate of drug-likeness (QED) is 0.329. The zero-order valence-corrected chi connectivity index (χ0v) is 21.7. The lowest BCUT2D eigenvalue weighted by atomic mass is 9.89. The zero-order valence-electron chi connectivity index (χ0n) is 21.7. The van der Waals surface area contributed by atoms with Gasteiger partial charge in [-0.1, -0.05) is 42.5 Å². The van der Waals surface area contributed by atoms with Crippen LogP contribution in [0.2, 0.25) is 0 Å². The number of rotatable bonds is 9. The highest BCUT2D eigenvalue weighted by Gasteiger charge is 2.23. The molecule has 0 spiro atoms. The van der Waals surface area contributed by atoms with E-state index in [9.17, 15) is 8.78 Å². The van der Waals surface area contributed by atoms with Crippen molar-refractivity contribution in [2.24, 2.45) is 0 Å². The van der Waals surface area contributed by atoms with Crippen molar-refractivity contribution >= 4 is 5.69 Å². The summed E-state index contributed by atoms with van der Waals surface area (Å²) in [4.78, 5) is 7.71. The lowest BCUT2D eigenvalue weighted by molar-refractivity contribution is 0.207. The van der Waals surface area contributed by atoms with Crippen molar-refractivity contribution in [1.29, 1.82) is 0 Å². The molecule has 0 aromatic heterocycles. The van der Waals surface area contributed by atoms with Crippen LogP contribution in [-0.4, -0.2) is 62.2 Å². The highest BCUT2D eigenvalue weighted by Crippen LogP contribution is 2.29. The summed E-state index contributed by atoms with van der Waals surface area (Å²) in [6, 6.07) is 25.0. The van der Waals surface area contributed by atoms with Crippen molar-refractivity contribution in [2.45, 2.75) is 37.5 Å². The molecule has 3 aromatic carbocycles. The molecular weight excluding hydrogens is 464 g/mol. The Kier molecular flexibility index (Phi) is 8.85. The van der Waals surface area contributed by atoms with Gasteiger partial charge in [-0.3, -0.25) is 0 Å². The van der Waals surface area contributed by atoms with Crippen LogP contribution in [0.15, 0.2) is 78.9 Å². The number of hydrogen-bond acceptors (Lipinski definition) is 3. The minimum atomic E-state index is -0.153. The van der Waals surface area contributed by atoms with E-state index < -0.39 is 0 Å². The van der Waals surface area contributed by atoms with E-state index in [-0.39, 0.29) is 11.6 Å². The molecule has 5 rings (SSSR count). The van der Waals surface area contributed by atoms with Gasteiger partial charge in [-0.05, 0) is 111 Å². The van der Waals surface area contributed by atoms with Gasteiger partial charge in [0.15, 0.2) is 0 Å². The molecule has 0 atom stereocenters. The third-order valence-corrected chi connectivity index (χ3v) is 8.35. The molecule has 2 aliphatic rings. The van der Waals surface area contributed by atoms with Gasteiger partial charge in [-0.25, -0.2) is 8.78 Å². The monoisotopic (exact) mass is 503 g/mol. The molecule has 0 N–H and O–H groups in total. The topological polar surface area (TPSA) is 9.72 Å². The Morgan fingerprint density at radius 1 is 0.568 bits per heavy atom. The molecule has 0 aliphatic carbocycles. The summed E-state index contributed by atoms with van der Waals surface area (Å²) in [7, 11) is 0. The van der Waals surface area contributed by atoms with E-state index in [1.54, 1.807) is 24.3 Å². The lowest BCUT2D eigenvalue weighted by Gasteiger charge is -2.36. The van der Waals surface area contributed by atoms with Crippen LogP contribution in [0.25, 0.3) is 0 Å². The normalized spacial score (nSPS) is 18.2. The molecule has 0 amide bonds. The molecule has 3 nitrogen and oxygen atoms in total. The summed E-state index contributed by atoms with van der Waals surface area (Å²) in [5.41, 5.74) is 3.84. The Bertz CT molecular complexity index is 1000. The summed E-state index contributed by atoms with van der Waals surface area (Å²) in [5.74, 6) is 0.777. The van der Waals surface area contributed by atoms with E-state index in [1.807, 2.05) is 24.3 Å². The highest BCUT2D eigenvalue weighted by atomic mass is 19.1. The van der Waals surface area contributed by atoms with Crippen LogP contribution >= 0.6 is 0 Å². The second kappa shape index (κ2) is 12.7. The van der Waals surface area contributed by atoms with Gasteiger partial charge in [0.2, 0.25) is 0 Å². The maximum absolute atomic E-state index is 13.3. The van der Waals surface area contributed by atoms with Gasteiger partial charge in [0, 0.05) is 31.9 Å². The van der Waals surface area contributed by atoms with Crippen molar-refractivity contribution in [3.63, 3.8) is 0 Å². The van der Waals surface area contributed by atoms with Crippen molar-refractivity contribution in [3.05, 3.63) is 102 Å². The average molecular weight is 504 g/mol. The van der Waals surface area contributed by atoms with E-state index in [0.29, 0.717) is 11.8 Å². The lowest BCUT2D eigenvalue weighted by Crippen LogP contribution is -2.43. The summed E-state index contributed by atoms with van der Waals surface area (Å²) in [6.07, 6.45) is 4.56. The molecule has 2 heterocycles. The minimum Gasteiger partial charge on any atom is -0.369 e. The Hall–Kier alpha value is -2.76. The van der Waals surface area contributed by atoms with Crippen molar-refractivity contribution in [3.8, 4) is 0 Å². The summed E-state index contributed by atoms with van der Waals surface area (Å²) in [5, 5.41) is 0. The molecule has 0 bridgehead atoms. The fourth-order valence-corrected chi connectivity index (χ4v) is 5.98. The minimum absolute atomic E-state index is 0.153. The first kappa shape index (κ1) is 25.9. The van der Waals surface area contributed by atoms with Gasteiger partial charge in [0.05, 0.1) is 0 Å². The third-order valence-electron chi connectivity index (χ3n) is 8.35. The van der Waals surface area contributed by atoms with E-state index in [1.165, 1.54) is 16.8 Å². The van der Waals surface area contributed by atoms with Gasteiger partial charge in [0.1, 0.15) is 11.6 Å². The number of likely N-dealkylation sites (tertiary alicyclic amines) is 2. The molecule has 196 valence electrons. The molecule has 3 aromatic rings. The zero-order chi connectivity index (χ0) is 25.5. The van der Waals surface area contributed by atoms with Crippen LogP contribution in [0, 0.1) is 11.6 Å². The smallest absolute Gasteiger partial charge is 0.123 e. The SMILES string of the molecule is Fc1ccc(C2CCN(CCN(CCN3CCC(c4ccc(F)cc4)CC3)c3ccccc3)CC2)cc1. The van der Waals surface area contributed by atoms with Gasteiger partial charge in [0.25, 0.3) is 0 Å². The van der Waals surface area contributed by atoms with Gasteiger partial charge < -0.3 is 14.7 Å². The van der Waals surface area contributed by atoms with E-state index in [4.69, 9.17) is 0 Å². The molecule has 37 heavy (non-hydrogen) atoms. The first-order valence-electron chi connectivity index (χ1n) is 13.9. The Morgan fingerprint density at radius 2 is 0.973 bits per heavy atom. The molecule has 0 saturated carbocycles. The fourth-order valence-electron chi connectivity index (χ4n) is 5.98. The number of hydrogen-bond donors (Lipinski definition) is 0. The Balaban J connectivity index is 1.10. The maximum Gasteiger partial charge on any atom is 0.123 e. The van der Waals surface area contributed by atoms with E-state index in [0.717, 1.165) is 78.0 Å². The number of benzene rings is 3. The second-order valence-corrected chi connectivity index (χ2v) is 10.7. The van der Waals surface area contributed by atoms with Gasteiger partial charge >= 0.3 is 0 Å².